The lowest BCUT2D eigenvalue weighted by Gasteiger charge is -2.07. The van der Waals surface area contributed by atoms with Crippen LogP contribution in [0.1, 0.15) is 26.2 Å². The van der Waals surface area contributed by atoms with Crippen molar-refractivity contribution in [2.75, 3.05) is 5.32 Å². The second-order valence-corrected chi connectivity index (χ2v) is 4.61. The Kier molecular flexibility index (Phi) is 5.42. The minimum absolute atomic E-state index is 0.0277. The van der Waals surface area contributed by atoms with Crippen LogP contribution in [0.2, 0.25) is 0 Å². The summed E-state index contributed by atoms with van der Waals surface area (Å²) in [6, 6.07) is 3.79. The molecule has 4 nitrogen and oxygen atoms in total. The smallest absolute Gasteiger partial charge is 0.225 e. The molecule has 0 aliphatic heterocycles. The molecule has 1 atom stereocenters. The van der Waals surface area contributed by atoms with E-state index in [4.69, 9.17) is 5.73 Å². The summed E-state index contributed by atoms with van der Waals surface area (Å²) in [6.07, 6.45) is 3.78. The number of nitrogens with one attached hydrogen (secondary N) is 1. The van der Waals surface area contributed by atoms with E-state index >= 15 is 0 Å². The van der Waals surface area contributed by atoms with Gasteiger partial charge in [0.2, 0.25) is 5.91 Å². The van der Waals surface area contributed by atoms with E-state index in [-0.39, 0.29) is 11.9 Å². The largest absolute Gasteiger partial charge is 0.328 e. The zero-order valence-electron chi connectivity index (χ0n) is 9.24. The van der Waals surface area contributed by atoms with Crippen molar-refractivity contribution in [3.8, 4) is 0 Å². The molecule has 16 heavy (non-hydrogen) atoms. The zero-order valence-corrected chi connectivity index (χ0v) is 10.8. The summed E-state index contributed by atoms with van der Waals surface area (Å²) in [7, 11) is 0. The van der Waals surface area contributed by atoms with Gasteiger partial charge in [0.25, 0.3) is 0 Å². The van der Waals surface area contributed by atoms with E-state index in [0.717, 1.165) is 17.3 Å². The number of carbonyl (C=O) groups is 1. The maximum Gasteiger partial charge on any atom is 0.225 e. The van der Waals surface area contributed by atoms with Crippen molar-refractivity contribution in [2.24, 2.45) is 5.73 Å². The second-order valence-electron chi connectivity index (χ2n) is 3.75. The number of rotatable bonds is 5. The molecule has 1 aromatic rings. The number of hydrogen-bond acceptors (Lipinski definition) is 3. The molecule has 1 amide bonds. The summed E-state index contributed by atoms with van der Waals surface area (Å²) >= 11 is 3.32. The van der Waals surface area contributed by atoms with Crippen molar-refractivity contribution in [3.05, 3.63) is 22.8 Å². The molecule has 1 aromatic heterocycles. The van der Waals surface area contributed by atoms with E-state index in [1.807, 2.05) is 13.0 Å². The Morgan fingerprint density at radius 3 is 3.06 bits per heavy atom. The van der Waals surface area contributed by atoms with Gasteiger partial charge in [0.05, 0.1) is 4.47 Å². The molecule has 88 valence electrons. The van der Waals surface area contributed by atoms with Crippen molar-refractivity contribution in [2.45, 2.75) is 32.2 Å². The highest BCUT2D eigenvalue weighted by Gasteiger charge is 2.06. The molecule has 0 aliphatic rings. The van der Waals surface area contributed by atoms with E-state index in [1.165, 1.54) is 0 Å². The Morgan fingerprint density at radius 2 is 2.44 bits per heavy atom. The lowest BCUT2D eigenvalue weighted by Crippen LogP contribution is -2.17. The predicted molar refractivity (Wildman–Crippen MR) is 68.1 cm³/mol. The highest BCUT2D eigenvalue weighted by molar-refractivity contribution is 9.10. The molecular weight excluding hydrogens is 270 g/mol. The SMILES string of the molecule is CC(N)CCCC(=O)Nc1ncccc1Br. The van der Waals surface area contributed by atoms with Crippen LogP contribution in [0.15, 0.2) is 22.8 Å². The first-order valence-corrected chi connectivity index (χ1v) is 6.05. The first-order valence-electron chi connectivity index (χ1n) is 5.25. The molecule has 3 N–H and O–H groups in total. The van der Waals surface area contributed by atoms with Gasteiger partial charge in [-0.2, -0.15) is 0 Å². The summed E-state index contributed by atoms with van der Waals surface area (Å²) in [5.41, 5.74) is 5.60. The topological polar surface area (TPSA) is 68.0 Å². The maximum absolute atomic E-state index is 11.5. The van der Waals surface area contributed by atoms with Gasteiger partial charge in [0.15, 0.2) is 0 Å². The molecule has 1 heterocycles. The summed E-state index contributed by atoms with van der Waals surface area (Å²) in [6.45, 7) is 1.94. The minimum Gasteiger partial charge on any atom is -0.328 e. The van der Waals surface area contributed by atoms with Crippen LogP contribution >= 0.6 is 15.9 Å². The monoisotopic (exact) mass is 285 g/mol. The Morgan fingerprint density at radius 1 is 1.69 bits per heavy atom. The third-order valence-corrected chi connectivity index (χ3v) is 2.72. The average Bonchev–Trinajstić information content (AvgIpc) is 2.21. The average molecular weight is 286 g/mol. The van der Waals surface area contributed by atoms with E-state index in [2.05, 4.69) is 26.2 Å². The fraction of sp³-hybridized carbons (Fsp3) is 0.455. The van der Waals surface area contributed by atoms with Gasteiger partial charge in [-0.05, 0) is 47.8 Å². The lowest BCUT2D eigenvalue weighted by molar-refractivity contribution is -0.116. The van der Waals surface area contributed by atoms with E-state index < -0.39 is 0 Å². The number of amides is 1. The highest BCUT2D eigenvalue weighted by atomic mass is 79.9. The van der Waals surface area contributed by atoms with Crippen LogP contribution in [0.25, 0.3) is 0 Å². The number of pyridine rings is 1. The zero-order chi connectivity index (χ0) is 12.0. The summed E-state index contributed by atoms with van der Waals surface area (Å²) in [4.78, 5) is 15.6. The Balaban J connectivity index is 2.37. The van der Waals surface area contributed by atoms with Crippen LogP contribution in [0.4, 0.5) is 5.82 Å². The molecule has 1 rings (SSSR count). The van der Waals surface area contributed by atoms with Gasteiger partial charge in [0, 0.05) is 18.7 Å². The molecule has 0 spiro atoms. The van der Waals surface area contributed by atoms with Crippen molar-refractivity contribution in [1.29, 1.82) is 0 Å². The van der Waals surface area contributed by atoms with Gasteiger partial charge in [-0.25, -0.2) is 4.98 Å². The van der Waals surface area contributed by atoms with Gasteiger partial charge in [-0.1, -0.05) is 0 Å². The second kappa shape index (κ2) is 6.60. The Labute approximate surface area is 104 Å². The molecule has 0 fully saturated rings. The van der Waals surface area contributed by atoms with Crippen molar-refractivity contribution < 1.29 is 4.79 Å². The lowest BCUT2D eigenvalue weighted by atomic mass is 10.1. The third kappa shape index (κ3) is 4.72. The molecule has 0 bridgehead atoms. The van der Waals surface area contributed by atoms with Crippen LogP contribution in [0, 0.1) is 0 Å². The Hall–Kier alpha value is -0.940. The van der Waals surface area contributed by atoms with Crippen molar-refractivity contribution in [1.82, 2.24) is 4.98 Å². The normalized spacial score (nSPS) is 12.2. The van der Waals surface area contributed by atoms with Crippen LogP contribution in [0.5, 0.6) is 0 Å². The number of anilines is 1. The number of halogens is 1. The summed E-state index contributed by atoms with van der Waals surface area (Å²) in [5.74, 6) is 0.536. The molecule has 0 saturated carbocycles. The van der Waals surface area contributed by atoms with Crippen LogP contribution in [-0.4, -0.2) is 16.9 Å². The first kappa shape index (κ1) is 13.1. The van der Waals surface area contributed by atoms with Gasteiger partial charge < -0.3 is 11.1 Å². The van der Waals surface area contributed by atoms with Crippen molar-refractivity contribution in [3.63, 3.8) is 0 Å². The number of carbonyl (C=O) groups excluding carboxylic acids is 1. The molecule has 5 heteroatoms. The Bertz CT molecular complexity index is 355. The number of hydrogen-bond donors (Lipinski definition) is 2. The van der Waals surface area contributed by atoms with Gasteiger partial charge >= 0.3 is 0 Å². The molecule has 1 unspecified atom stereocenters. The number of nitrogens with zero attached hydrogens (tertiary/aromatic N) is 1. The maximum atomic E-state index is 11.5. The van der Waals surface area contributed by atoms with Gasteiger partial charge in [-0.15, -0.1) is 0 Å². The minimum atomic E-state index is -0.0277. The van der Waals surface area contributed by atoms with Gasteiger partial charge in [0.1, 0.15) is 5.82 Å². The van der Waals surface area contributed by atoms with E-state index in [1.54, 1.807) is 12.3 Å². The fourth-order valence-electron chi connectivity index (χ4n) is 1.26. The van der Waals surface area contributed by atoms with Crippen molar-refractivity contribution >= 4 is 27.7 Å². The summed E-state index contributed by atoms with van der Waals surface area (Å²) in [5, 5.41) is 2.75. The molecule has 0 aliphatic carbocycles. The number of aromatic nitrogens is 1. The fourth-order valence-corrected chi connectivity index (χ4v) is 1.61. The molecule has 0 saturated heterocycles. The van der Waals surface area contributed by atoms with E-state index in [0.29, 0.717) is 12.2 Å². The van der Waals surface area contributed by atoms with Crippen LogP contribution in [-0.2, 0) is 4.79 Å². The van der Waals surface area contributed by atoms with Crippen LogP contribution < -0.4 is 11.1 Å². The standard InChI is InChI=1S/C11H16BrN3O/c1-8(13)4-2-6-10(16)15-11-9(12)5-3-7-14-11/h3,5,7-8H,2,4,6,13H2,1H3,(H,14,15,16). The third-order valence-electron chi connectivity index (χ3n) is 2.08. The quantitative estimate of drug-likeness (QED) is 0.872. The van der Waals surface area contributed by atoms with Gasteiger partial charge in [-0.3, -0.25) is 4.79 Å². The molecular formula is C11H16BrN3O. The summed E-state index contributed by atoms with van der Waals surface area (Å²) < 4.78 is 0.788. The predicted octanol–water partition coefficient (Wildman–Crippen LogP) is 2.30. The molecule has 0 aromatic carbocycles. The van der Waals surface area contributed by atoms with Crippen LogP contribution in [0.3, 0.4) is 0 Å². The van der Waals surface area contributed by atoms with E-state index in [9.17, 15) is 4.79 Å². The first-order chi connectivity index (χ1) is 7.59. The number of nitrogens with two attached hydrogens (primary N) is 1. The highest BCUT2D eigenvalue weighted by Crippen LogP contribution is 2.18. The molecule has 0 radical (unpaired) electrons.